The van der Waals surface area contributed by atoms with E-state index in [1.807, 2.05) is 0 Å². The van der Waals surface area contributed by atoms with Crippen LogP contribution in [-0.2, 0) is 19.6 Å². The highest BCUT2D eigenvalue weighted by molar-refractivity contribution is 7.89. The predicted octanol–water partition coefficient (Wildman–Crippen LogP) is 1.11. The van der Waals surface area contributed by atoms with Crippen molar-refractivity contribution in [3.63, 3.8) is 0 Å². The molecule has 0 aliphatic heterocycles. The van der Waals surface area contributed by atoms with E-state index in [-0.39, 0.29) is 30.2 Å². The van der Waals surface area contributed by atoms with E-state index in [0.717, 1.165) is 0 Å². The molecule has 23 heavy (non-hydrogen) atoms. The maximum Gasteiger partial charge on any atom is 0.303 e. The van der Waals surface area contributed by atoms with Gasteiger partial charge in [0.2, 0.25) is 15.9 Å². The van der Waals surface area contributed by atoms with Crippen molar-refractivity contribution in [2.24, 2.45) is 0 Å². The molecule has 0 spiro atoms. The molecule has 0 bridgehead atoms. The van der Waals surface area contributed by atoms with Crippen molar-refractivity contribution in [2.75, 3.05) is 6.54 Å². The lowest BCUT2D eigenvalue weighted by atomic mass is 9.98. The lowest BCUT2D eigenvalue weighted by Gasteiger charge is -2.25. The summed E-state index contributed by atoms with van der Waals surface area (Å²) in [6, 6.07) is 7.89. The van der Waals surface area contributed by atoms with E-state index in [1.54, 1.807) is 32.0 Å². The van der Waals surface area contributed by atoms with Crippen LogP contribution in [0.5, 0.6) is 0 Å². The number of hydrogen-bond acceptors (Lipinski definition) is 4. The summed E-state index contributed by atoms with van der Waals surface area (Å²) in [5.41, 5.74) is -0.659. The molecule has 1 aromatic carbocycles. The van der Waals surface area contributed by atoms with Crippen LogP contribution in [0.2, 0.25) is 0 Å². The zero-order chi connectivity index (χ0) is 17.5. The summed E-state index contributed by atoms with van der Waals surface area (Å²) in [7, 11) is -3.63. The fraction of sp³-hybridized carbons (Fsp3) is 0.467. The summed E-state index contributed by atoms with van der Waals surface area (Å²) in [4.78, 5) is 22.5. The summed E-state index contributed by atoms with van der Waals surface area (Å²) in [5, 5.41) is 11.4. The van der Waals surface area contributed by atoms with E-state index in [4.69, 9.17) is 5.11 Å². The highest BCUT2D eigenvalue weighted by Crippen LogP contribution is 2.11. The molecule has 0 radical (unpaired) electrons. The number of sulfonamides is 1. The number of amides is 1. The summed E-state index contributed by atoms with van der Waals surface area (Å²) < 4.78 is 26.3. The quantitative estimate of drug-likeness (QED) is 0.622. The van der Waals surface area contributed by atoms with Gasteiger partial charge >= 0.3 is 5.97 Å². The molecule has 1 rings (SSSR count). The van der Waals surface area contributed by atoms with Crippen LogP contribution in [0.25, 0.3) is 0 Å². The summed E-state index contributed by atoms with van der Waals surface area (Å²) in [5.74, 6) is -1.26. The van der Waals surface area contributed by atoms with Gasteiger partial charge in [0.25, 0.3) is 0 Å². The SMILES string of the molecule is CC(C)(CCC(=O)O)NC(=O)CCNS(=O)(=O)c1ccccc1. The Morgan fingerprint density at radius 1 is 1.13 bits per heavy atom. The van der Waals surface area contributed by atoms with Gasteiger partial charge in [-0.15, -0.1) is 0 Å². The van der Waals surface area contributed by atoms with Crippen LogP contribution in [0.1, 0.15) is 33.1 Å². The molecule has 0 aliphatic rings. The predicted molar refractivity (Wildman–Crippen MR) is 85.3 cm³/mol. The van der Waals surface area contributed by atoms with Gasteiger partial charge in [-0.25, -0.2) is 13.1 Å². The van der Waals surface area contributed by atoms with Crippen molar-refractivity contribution < 1.29 is 23.1 Å². The van der Waals surface area contributed by atoms with Crippen LogP contribution in [0, 0.1) is 0 Å². The van der Waals surface area contributed by atoms with Gasteiger partial charge in [-0.1, -0.05) is 18.2 Å². The zero-order valence-electron chi connectivity index (χ0n) is 13.2. The first-order valence-electron chi connectivity index (χ1n) is 7.20. The average Bonchev–Trinajstić information content (AvgIpc) is 2.45. The van der Waals surface area contributed by atoms with Crippen molar-refractivity contribution in [3.05, 3.63) is 30.3 Å². The van der Waals surface area contributed by atoms with E-state index in [0.29, 0.717) is 6.42 Å². The number of carbonyl (C=O) groups excluding carboxylic acids is 1. The molecule has 8 heteroatoms. The number of aliphatic carboxylic acids is 1. The second-order valence-electron chi connectivity index (χ2n) is 5.79. The third-order valence-electron chi connectivity index (χ3n) is 3.14. The Bertz CT molecular complexity index is 641. The Hall–Kier alpha value is -1.93. The van der Waals surface area contributed by atoms with E-state index in [9.17, 15) is 18.0 Å². The summed E-state index contributed by atoms with van der Waals surface area (Å²) in [6.07, 6.45) is 0.223. The highest BCUT2D eigenvalue weighted by Gasteiger charge is 2.21. The van der Waals surface area contributed by atoms with Crippen molar-refractivity contribution >= 4 is 21.9 Å². The van der Waals surface area contributed by atoms with Gasteiger partial charge in [-0.2, -0.15) is 0 Å². The third kappa shape index (κ3) is 7.25. The van der Waals surface area contributed by atoms with Gasteiger partial charge < -0.3 is 10.4 Å². The largest absolute Gasteiger partial charge is 0.481 e. The van der Waals surface area contributed by atoms with E-state index >= 15 is 0 Å². The van der Waals surface area contributed by atoms with Crippen molar-refractivity contribution in [1.82, 2.24) is 10.0 Å². The fourth-order valence-electron chi connectivity index (χ4n) is 1.90. The lowest BCUT2D eigenvalue weighted by Crippen LogP contribution is -2.44. The van der Waals surface area contributed by atoms with Gasteiger partial charge in [0.15, 0.2) is 0 Å². The fourth-order valence-corrected chi connectivity index (χ4v) is 2.96. The van der Waals surface area contributed by atoms with Crippen LogP contribution >= 0.6 is 0 Å². The molecule has 0 heterocycles. The first-order valence-corrected chi connectivity index (χ1v) is 8.68. The maximum absolute atomic E-state index is 12.0. The molecule has 0 aromatic heterocycles. The molecule has 0 saturated heterocycles. The molecule has 0 saturated carbocycles. The Labute approximate surface area is 136 Å². The molecule has 0 aliphatic carbocycles. The minimum absolute atomic E-state index is 0.0252. The maximum atomic E-state index is 12.0. The monoisotopic (exact) mass is 342 g/mol. The number of nitrogens with one attached hydrogen (secondary N) is 2. The van der Waals surface area contributed by atoms with Crippen LogP contribution in [-0.4, -0.2) is 37.5 Å². The van der Waals surface area contributed by atoms with Gasteiger partial charge in [0, 0.05) is 24.9 Å². The van der Waals surface area contributed by atoms with E-state index < -0.39 is 21.5 Å². The number of rotatable bonds is 9. The van der Waals surface area contributed by atoms with Crippen LogP contribution in [0.3, 0.4) is 0 Å². The highest BCUT2D eigenvalue weighted by atomic mass is 32.2. The molecule has 128 valence electrons. The number of carboxylic acid groups (broad SMARTS) is 1. The number of benzene rings is 1. The molecule has 7 nitrogen and oxygen atoms in total. The van der Waals surface area contributed by atoms with Gasteiger partial charge in [-0.05, 0) is 32.4 Å². The van der Waals surface area contributed by atoms with Crippen LogP contribution in [0.4, 0.5) is 0 Å². The van der Waals surface area contributed by atoms with Gasteiger partial charge in [0.1, 0.15) is 0 Å². The van der Waals surface area contributed by atoms with Crippen molar-refractivity contribution in [1.29, 1.82) is 0 Å². The van der Waals surface area contributed by atoms with Crippen LogP contribution in [0.15, 0.2) is 35.2 Å². The van der Waals surface area contributed by atoms with E-state index in [1.165, 1.54) is 12.1 Å². The second-order valence-corrected chi connectivity index (χ2v) is 7.55. The number of carboxylic acids is 1. The molecule has 0 atom stereocenters. The first kappa shape index (κ1) is 19.1. The van der Waals surface area contributed by atoms with Gasteiger partial charge in [-0.3, -0.25) is 9.59 Å². The summed E-state index contributed by atoms with van der Waals surface area (Å²) >= 11 is 0. The molecular weight excluding hydrogens is 320 g/mol. The Balaban J connectivity index is 2.43. The van der Waals surface area contributed by atoms with E-state index in [2.05, 4.69) is 10.0 Å². The summed E-state index contributed by atoms with van der Waals surface area (Å²) in [6.45, 7) is 3.42. The minimum atomic E-state index is -3.63. The van der Waals surface area contributed by atoms with Crippen molar-refractivity contribution in [3.8, 4) is 0 Å². The Kier molecular flexibility index (Phi) is 6.71. The smallest absolute Gasteiger partial charge is 0.303 e. The van der Waals surface area contributed by atoms with Gasteiger partial charge in [0.05, 0.1) is 4.90 Å². The topological polar surface area (TPSA) is 113 Å². The van der Waals surface area contributed by atoms with Crippen LogP contribution < -0.4 is 10.0 Å². The minimum Gasteiger partial charge on any atom is -0.481 e. The molecule has 3 N–H and O–H groups in total. The first-order chi connectivity index (χ1) is 10.6. The number of carbonyl (C=O) groups is 2. The molecule has 1 aromatic rings. The molecule has 0 unspecified atom stereocenters. The Morgan fingerprint density at radius 2 is 1.74 bits per heavy atom. The lowest BCUT2D eigenvalue weighted by molar-refractivity contribution is -0.137. The molecule has 0 fully saturated rings. The Morgan fingerprint density at radius 3 is 2.30 bits per heavy atom. The van der Waals surface area contributed by atoms with Crippen molar-refractivity contribution in [2.45, 2.75) is 43.5 Å². The molecular formula is C15H22N2O5S. The normalized spacial score (nSPS) is 11.9. The third-order valence-corrected chi connectivity index (χ3v) is 4.62. The standard InChI is InChI=1S/C15H22N2O5S/c1-15(2,10-8-14(19)20)17-13(18)9-11-16-23(21,22)12-6-4-3-5-7-12/h3-7,16H,8-11H2,1-2H3,(H,17,18)(H,19,20). The molecule has 1 amide bonds. The zero-order valence-corrected chi connectivity index (χ0v) is 14.0. The number of hydrogen-bond donors (Lipinski definition) is 3. The second kappa shape index (κ2) is 8.07. The average molecular weight is 342 g/mol.